The number of amides is 2. The lowest BCUT2D eigenvalue weighted by atomic mass is 10.1. The first kappa shape index (κ1) is 20.6. The molecule has 0 unspecified atom stereocenters. The van der Waals surface area contributed by atoms with Crippen molar-refractivity contribution in [3.63, 3.8) is 0 Å². The summed E-state index contributed by atoms with van der Waals surface area (Å²) in [6, 6.07) is 8.46. The number of rotatable bonds is 5. The number of halogens is 3. The maximum Gasteiger partial charge on any atom is 0.437 e. The summed E-state index contributed by atoms with van der Waals surface area (Å²) in [4.78, 5) is 21.8. The third-order valence-electron chi connectivity index (χ3n) is 4.76. The van der Waals surface area contributed by atoms with Crippen LogP contribution < -0.4 is 15.5 Å². The highest BCUT2D eigenvalue weighted by Gasteiger charge is 2.38. The summed E-state index contributed by atoms with van der Waals surface area (Å²) in [6.07, 6.45) is -1.86. The standard InChI is InChI=1S/C20H20F3N7O/c1-12(2)30-11-16(17(28-30)20(21,22)23)27-18-24-8-7-15(26-18)13-3-5-14(6-4-13)29-10-9-25-19(29)31/h3-8,11-12H,9-10H2,1-2H3,(H,25,31)(H,24,26,27). The second kappa shape index (κ2) is 7.89. The van der Waals surface area contributed by atoms with Crippen molar-refractivity contribution in [2.75, 3.05) is 23.3 Å². The Morgan fingerprint density at radius 3 is 2.52 bits per heavy atom. The van der Waals surface area contributed by atoms with Crippen LogP contribution in [-0.4, -0.2) is 38.9 Å². The largest absolute Gasteiger partial charge is 0.437 e. The summed E-state index contributed by atoms with van der Waals surface area (Å²) in [5.74, 6) is 0.0225. The molecule has 0 radical (unpaired) electrons. The molecule has 0 spiro atoms. The summed E-state index contributed by atoms with van der Waals surface area (Å²) in [6.45, 7) is 4.66. The van der Waals surface area contributed by atoms with Crippen LogP contribution in [0.15, 0.2) is 42.7 Å². The van der Waals surface area contributed by atoms with E-state index in [9.17, 15) is 18.0 Å². The van der Waals surface area contributed by atoms with Crippen molar-refractivity contribution >= 4 is 23.4 Å². The molecule has 1 fully saturated rings. The van der Waals surface area contributed by atoms with E-state index in [-0.39, 0.29) is 23.7 Å². The molecule has 162 valence electrons. The van der Waals surface area contributed by atoms with Gasteiger partial charge in [-0.05, 0) is 32.0 Å². The average Bonchev–Trinajstić information content (AvgIpc) is 3.35. The number of hydrogen-bond acceptors (Lipinski definition) is 5. The molecule has 11 heteroatoms. The van der Waals surface area contributed by atoms with Crippen molar-refractivity contribution in [3.05, 3.63) is 48.4 Å². The zero-order valence-corrected chi connectivity index (χ0v) is 16.8. The van der Waals surface area contributed by atoms with Gasteiger partial charge in [0.1, 0.15) is 0 Å². The smallest absolute Gasteiger partial charge is 0.336 e. The minimum Gasteiger partial charge on any atom is -0.336 e. The molecule has 0 bridgehead atoms. The second-order valence-electron chi connectivity index (χ2n) is 7.28. The third-order valence-corrected chi connectivity index (χ3v) is 4.76. The van der Waals surface area contributed by atoms with Crippen molar-refractivity contribution in [1.82, 2.24) is 25.1 Å². The SMILES string of the molecule is CC(C)n1cc(Nc2nccc(-c3ccc(N4CCNC4=O)cc3)n2)c(C(F)(F)F)n1. The second-order valence-corrected chi connectivity index (χ2v) is 7.28. The number of aromatic nitrogens is 4. The van der Waals surface area contributed by atoms with Gasteiger partial charge in [-0.15, -0.1) is 0 Å². The highest BCUT2D eigenvalue weighted by atomic mass is 19.4. The van der Waals surface area contributed by atoms with E-state index in [0.29, 0.717) is 18.8 Å². The van der Waals surface area contributed by atoms with Crippen molar-refractivity contribution in [3.8, 4) is 11.3 Å². The predicted octanol–water partition coefficient (Wildman–Crippen LogP) is 4.21. The van der Waals surface area contributed by atoms with Crippen LogP contribution in [0.4, 0.5) is 35.3 Å². The van der Waals surface area contributed by atoms with Gasteiger partial charge in [-0.25, -0.2) is 14.8 Å². The lowest BCUT2D eigenvalue weighted by molar-refractivity contribution is -0.140. The summed E-state index contributed by atoms with van der Waals surface area (Å²) < 4.78 is 41.4. The highest BCUT2D eigenvalue weighted by Crippen LogP contribution is 2.35. The molecule has 0 atom stereocenters. The first-order chi connectivity index (χ1) is 14.7. The van der Waals surface area contributed by atoms with Crippen LogP contribution in [0.1, 0.15) is 25.6 Å². The molecule has 1 saturated heterocycles. The molecule has 0 saturated carbocycles. The number of benzene rings is 1. The molecule has 2 amide bonds. The zero-order chi connectivity index (χ0) is 22.2. The van der Waals surface area contributed by atoms with Crippen molar-refractivity contribution in [2.24, 2.45) is 0 Å². The average molecular weight is 431 g/mol. The van der Waals surface area contributed by atoms with E-state index in [0.717, 1.165) is 11.3 Å². The van der Waals surface area contributed by atoms with Crippen LogP contribution in [-0.2, 0) is 6.18 Å². The number of carbonyl (C=O) groups is 1. The van der Waals surface area contributed by atoms with Crippen molar-refractivity contribution in [1.29, 1.82) is 0 Å². The topological polar surface area (TPSA) is 88.0 Å². The molecule has 3 aromatic rings. The number of nitrogens with zero attached hydrogens (tertiary/aromatic N) is 5. The van der Waals surface area contributed by atoms with Gasteiger partial charge in [-0.3, -0.25) is 9.58 Å². The molecule has 1 aromatic carbocycles. The minimum absolute atomic E-state index is 0.0225. The van der Waals surface area contributed by atoms with Gasteiger partial charge in [0, 0.05) is 42.8 Å². The molecular weight excluding hydrogens is 411 g/mol. The Hall–Kier alpha value is -3.63. The fourth-order valence-electron chi connectivity index (χ4n) is 3.19. The van der Waals surface area contributed by atoms with E-state index in [4.69, 9.17) is 0 Å². The van der Waals surface area contributed by atoms with Crippen LogP contribution in [0, 0.1) is 0 Å². The van der Waals surface area contributed by atoms with Crippen LogP contribution in [0.25, 0.3) is 11.3 Å². The zero-order valence-electron chi connectivity index (χ0n) is 16.8. The molecule has 31 heavy (non-hydrogen) atoms. The molecule has 4 rings (SSSR count). The van der Waals surface area contributed by atoms with Crippen LogP contribution in [0.3, 0.4) is 0 Å². The number of carbonyl (C=O) groups excluding carboxylic acids is 1. The molecule has 3 heterocycles. The number of hydrogen-bond donors (Lipinski definition) is 2. The Balaban J connectivity index is 1.59. The van der Waals surface area contributed by atoms with Gasteiger partial charge in [0.2, 0.25) is 5.95 Å². The van der Waals surface area contributed by atoms with Crippen molar-refractivity contribution < 1.29 is 18.0 Å². The highest BCUT2D eigenvalue weighted by molar-refractivity contribution is 5.94. The molecule has 2 aromatic heterocycles. The third kappa shape index (κ3) is 4.30. The number of urea groups is 1. The number of anilines is 3. The Labute approximate surface area is 176 Å². The molecule has 2 N–H and O–H groups in total. The lowest BCUT2D eigenvalue weighted by Crippen LogP contribution is -2.27. The van der Waals surface area contributed by atoms with Gasteiger partial charge in [-0.1, -0.05) is 12.1 Å². The van der Waals surface area contributed by atoms with Crippen LogP contribution >= 0.6 is 0 Å². The van der Waals surface area contributed by atoms with Gasteiger partial charge in [0.05, 0.1) is 11.4 Å². The fourth-order valence-corrected chi connectivity index (χ4v) is 3.19. The molecular formula is C20H20F3N7O. The van der Waals surface area contributed by atoms with Gasteiger partial charge >= 0.3 is 12.2 Å². The summed E-state index contributed by atoms with van der Waals surface area (Å²) >= 11 is 0. The molecule has 8 nitrogen and oxygen atoms in total. The first-order valence-electron chi connectivity index (χ1n) is 9.64. The predicted molar refractivity (Wildman–Crippen MR) is 109 cm³/mol. The molecule has 0 aliphatic carbocycles. The number of alkyl halides is 3. The van der Waals surface area contributed by atoms with E-state index < -0.39 is 11.9 Å². The normalized spacial score (nSPS) is 14.3. The van der Waals surface area contributed by atoms with E-state index in [1.165, 1.54) is 17.1 Å². The molecule has 1 aliphatic heterocycles. The lowest BCUT2D eigenvalue weighted by Gasteiger charge is -2.14. The quantitative estimate of drug-likeness (QED) is 0.632. The van der Waals surface area contributed by atoms with Gasteiger partial charge in [-0.2, -0.15) is 18.3 Å². The summed E-state index contributed by atoms with van der Waals surface area (Å²) in [5, 5.41) is 9.03. The molecule has 1 aliphatic rings. The Morgan fingerprint density at radius 2 is 1.90 bits per heavy atom. The van der Waals surface area contributed by atoms with Gasteiger partial charge < -0.3 is 10.6 Å². The monoisotopic (exact) mass is 431 g/mol. The van der Waals surface area contributed by atoms with E-state index in [1.54, 1.807) is 49.1 Å². The Kier molecular flexibility index (Phi) is 5.25. The van der Waals surface area contributed by atoms with E-state index in [2.05, 4.69) is 25.7 Å². The van der Waals surface area contributed by atoms with Crippen molar-refractivity contribution in [2.45, 2.75) is 26.1 Å². The van der Waals surface area contributed by atoms with E-state index >= 15 is 0 Å². The Bertz CT molecular complexity index is 1090. The Morgan fingerprint density at radius 1 is 1.16 bits per heavy atom. The maximum absolute atomic E-state index is 13.4. The first-order valence-corrected chi connectivity index (χ1v) is 9.64. The van der Waals surface area contributed by atoms with Gasteiger partial charge in [0.15, 0.2) is 5.69 Å². The van der Waals surface area contributed by atoms with Gasteiger partial charge in [0.25, 0.3) is 0 Å². The summed E-state index contributed by atoms with van der Waals surface area (Å²) in [5.41, 5.74) is 0.779. The van der Waals surface area contributed by atoms with Crippen LogP contribution in [0.2, 0.25) is 0 Å². The number of nitrogens with one attached hydrogen (secondary N) is 2. The minimum atomic E-state index is -4.61. The maximum atomic E-state index is 13.4. The van der Waals surface area contributed by atoms with Crippen LogP contribution in [0.5, 0.6) is 0 Å². The fraction of sp³-hybridized carbons (Fsp3) is 0.300. The summed E-state index contributed by atoms with van der Waals surface area (Å²) in [7, 11) is 0. The van der Waals surface area contributed by atoms with E-state index in [1.807, 2.05) is 0 Å².